The number of rotatable bonds is 5. The smallest absolute Gasteiger partial charge is 0.311 e. The molecule has 0 amide bonds. The first-order valence-corrected chi connectivity index (χ1v) is 7.83. The third-order valence-corrected chi connectivity index (χ3v) is 4.58. The number of allylic oxidation sites excluding steroid dienone is 1. The van der Waals surface area contributed by atoms with Crippen molar-refractivity contribution >= 4 is 5.97 Å². The van der Waals surface area contributed by atoms with Crippen molar-refractivity contribution in [2.45, 2.75) is 71.8 Å². The lowest BCUT2D eigenvalue weighted by Gasteiger charge is -2.43. The van der Waals surface area contributed by atoms with Crippen molar-refractivity contribution in [3.8, 4) is 0 Å². The Kier molecular flexibility index (Phi) is 6.25. The van der Waals surface area contributed by atoms with Gasteiger partial charge in [-0.2, -0.15) is 0 Å². The van der Waals surface area contributed by atoms with E-state index in [4.69, 9.17) is 4.74 Å². The highest BCUT2D eigenvalue weighted by Crippen LogP contribution is 2.44. The summed E-state index contributed by atoms with van der Waals surface area (Å²) in [5.41, 5.74) is 1.19. The highest BCUT2D eigenvalue weighted by Gasteiger charge is 2.47. The molecule has 0 aromatic carbocycles. The van der Waals surface area contributed by atoms with Crippen LogP contribution in [0.2, 0.25) is 0 Å². The van der Waals surface area contributed by atoms with Crippen molar-refractivity contribution in [2.75, 3.05) is 7.11 Å². The second-order valence-corrected chi connectivity index (χ2v) is 6.47. The summed E-state index contributed by atoms with van der Waals surface area (Å²) < 4.78 is 4.97. The predicted octanol–water partition coefficient (Wildman–Crippen LogP) is 3.85. The average molecular weight is 282 g/mol. The monoisotopic (exact) mass is 282 g/mol. The van der Waals surface area contributed by atoms with Gasteiger partial charge in [-0.3, -0.25) is 4.79 Å². The molecule has 0 aromatic heterocycles. The number of methoxy groups -OCH3 is 1. The van der Waals surface area contributed by atoms with E-state index in [2.05, 4.69) is 13.8 Å². The number of ether oxygens (including phenoxy) is 1. The van der Waals surface area contributed by atoms with E-state index in [-0.39, 0.29) is 5.97 Å². The average Bonchev–Trinajstić information content (AvgIpc) is 2.37. The van der Waals surface area contributed by atoms with Crippen molar-refractivity contribution in [3.63, 3.8) is 0 Å². The van der Waals surface area contributed by atoms with Crippen molar-refractivity contribution in [3.05, 3.63) is 11.1 Å². The molecule has 0 bridgehead atoms. The first-order chi connectivity index (χ1) is 9.36. The van der Waals surface area contributed by atoms with E-state index in [1.807, 2.05) is 13.8 Å². The summed E-state index contributed by atoms with van der Waals surface area (Å²) in [6.45, 7) is 8.32. The zero-order chi connectivity index (χ0) is 15.3. The van der Waals surface area contributed by atoms with Crippen LogP contribution >= 0.6 is 0 Å². The van der Waals surface area contributed by atoms with Gasteiger partial charge in [-0.25, -0.2) is 0 Å². The number of hydrogen-bond acceptors (Lipinski definition) is 3. The van der Waals surface area contributed by atoms with Gasteiger partial charge in [0.1, 0.15) is 0 Å². The van der Waals surface area contributed by atoms with Gasteiger partial charge in [-0.15, -0.1) is 0 Å². The van der Waals surface area contributed by atoms with Crippen LogP contribution in [-0.4, -0.2) is 23.8 Å². The molecule has 0 aromatic rings. The van der Waals surface area contributed by atoms with Crippen LogP contribution < -0.4 is 0 Å². The van der Waals surface area contributed by atoms with Crippen LogP contribution in [0, 0.1) is 11.8 Å². The van der Waals surface area contributed by atoms with Crippen LogP contribution in [0.4, 0.5) is 0 Å². The predicted molar refractivity (Wildman–Crippen MR) is 81.4 cm³/mol. The van der Waals surface area contributed by atoms with E-state index < -0.39 is 11.5 Å². The summed E-state index contributed by atoms with van der Waals surface area (Å²) in [5, 5.41) is 11.3. The summed E-state index contributed by atoms with van der Waals surface area (Å²) in [4.78, 5) is 12.2. The van der Waals surface area contributed by atoms with Crippen molar-refractivity contribution < 1.29 is 14.6 Å². The standard InChI is InChI=1S/C17H30O3/c1-6-7-8-15(16(18)20-5)17(19)11-13(4)9-10-14(17)12(2)3/h13,15,19H,6-11H2,1-5H3. The minimum absolute atomic E-state index is 0.270. The zero-order valence-electron chi connectivity index (χ0n) is 13.7. The molecular weight excluding hydrogens is 252 g/mol. The summed E-state index contributed by atoms with van der Waals surface area (Å²) in [5.74, 6) is -0.259. The van der Waals surface area contributed by atoms with Crippen LogP contribution in [0.1, 0.15) is 66.2 Å². The Morgan fingerprint density at radius 1 is 1.50 bits per heavy atom. The molecule has 0 aliphatic heterocycles. The van der Waals surface area contributed by atoms with Gasteiger partial charge in [0.15, 0.2) is 0 Å². The van der Waals surface area contributed by atoms with E-state index in [0.29, 0.717) is 18.8 Å². The normalized spacial score (nSPS) is 28.1. The number of esters is 1. The highest BCUT2D eigenvalue weighted by atomic mass is 16.5. The summed E-state index contributed by atoms with van der Waals surface area (Å²) in [6, 6.07) is 0. The van der Waals surface area contributed by atoms with E-state index >= 15 is 0 Å². The second-order valence-electron chi connectivity index (χ2n) is 6.47. The van der Waals surface area contributed by atoms with E-state index in [9.17, 15) is 9.90 Å². The molecule has 3 nitrogen and oxygen atoms in total. The highest BCUT2D eigenvalue weighted by molar-refractivity contribution is 5.74. The molecule has 116 valence electrons. The molecular formula is C17H30O3. The topological polar surface area (TPSA) is 46.5 Å². The second kappa shape index (κ2) is 7.26. The number of aliphatic hydroxyl groups is 1. The maximum Gasteiger partial charge on any atom is 0.311 e. The molecule has 3 heteroatoms. The van der Waals surface area contributed by atoms with E-state index in [0.717, 1.165) is 36.8 Å². The SMILES string of the molecule is CCCCC(C(=O)OC)C1(O)CC(C)CCC1=C(C)C. The van der Waals surface area contributed by atoms with Gasteiger partial charge >= 0.3 is 5.97 Å². The fraction of sp³-hybridized carbons (Fsp3) is 0.824. The number of carbonyl (C=O) groups excluding carboxylic acids is 1. The zero-order valence-corrected chi connectivity index (χ0v) is 13.7. The molecule has 3 atom stereocenters. The molecule has 20 heavy (non-hydrogen) atoms. The van der Waals surface area contributed by atoms with Crippen LogP contribution in [0.25, 0.3) is 0 Å². The minimum Gasteiger partial charge on any atom is -0.469 e. The molecule has 1 aliphatic rings. The Morgan fingerprint density at radius 3 is 2.65 bits per heavy atom. The number of carbonyl (C=O) groups is 1. The van der Waals surface area contributed by atoms with Crippen LogP contribution in [-0.2, 0) is 9.53 Å². The van der Waals surface area contributed by atoms with Crippen molar-refractivity contribution in [2.24, 2.45) is 11.8 Å². The summed E-state index contributed by atoms with van der Waals surface area (Å²) >= 11 is 0. The molecule has 0 radical (unpaired) electrons. The fourth-order valence-corrected chi connectivity index (χ4v) is 3.50. The molecule has 0 heterocycles. The Hall–Kier alpha value is -0.830. The van der Waals surface area contributed by atoms with Gasteiger partial charge in [-0.1, -0.05) is 32.3 Å². The first kappa shape index (κ1) is 17.2. The molecule has 1 rings (SSSR count). The number of hydrogen-bond donors (Lipinski definition) is 1. The Balaban J connectivity index is 3.15. The van der Waals surface area contributed by atoms with Gasteiger partial charge < -0.3 is 9.84 Å². The van der Waals surface area contributed by atoms with Crippen LogP contribution in [0.3, 0.4) is 0 Å². The lowest BCUT2D eigenvalue weighted by molar-refractivity contribution is -0.156. The molecule has 1 saturated carbocycles. The minimum atomic E-state index is -1.02. The van der Waals surface area contributed by atoms with Crippen molar-refractivity contribution in [1.82, 2.24) is 0 Å². The molecule has 0 saturated heterocycles. The Morgan fingerprint density at radius 2 is 2.15 bits per heavy atom. The van der Waals surface area contributed by atoms with Crippen molar-refractivity contribution in [1.29, 1.82) is 0 Å². The lowest BCUT2D eigenvalue weighted by atomic mass is 9.66. The maximum absolute atomic E-state index is 12.2. The van der Waals surface area contributed by atoms with Crippen LogP contribution in [0.15, 0.2) is 11.1 Å². The number of unbranched alkanes of at least 4 members (excludes halogenated alkanes) is 1. The van der Waals surface area contributed by atoms with Gasteiger partial charge in [-0.05, 0) is 51.0 Å². The van der Waals surface area contributed by atoms with Gasteiger partial charge in [0.05, 0.1) is 18.6 Å². The molecule has 3 unspecified atom stereocenters. The van der Waals surface area contributed by atoms with Gasteiger partial charge in [0.2, 0.25) is 0 Å². The Bertz CT molecular complexity index is 368. The maximum atomic E-state index is 12.2. The van der Waals surface area contributed by atoms with Gasteiger partial charge in [0, 0.05) is 0 Å². The molecule has 0 spiro atoms. The first-order valence-electron chi connectivity index (χ1n) is 7.83. The summed E-state index contributed by atoms with van der Waals surface area (Å²) in [6.07, 6.45) is 5.29. The quantitative estimate of drug-likeness (QED) is 0.615. The van der Waals surface area contributed by atoms with Crippen LogP contribution in [0.5, 0.6) is 0 Å². The Labute approximate surface area is 123 Å². The van der Waals surface area contributed by atoms with Gasteiger partial charge in [0.25, 0.3) is 0 Å². The third-order valence-electron chi connectivity index (χ3n) is 4.58. The summed E-state index contributed by atoms with van der Waals surface area (Å²) in [7, 11) is 1.42. The van der Waals surface area contributed by atoms with E-state index in [1.165, 1.54) is 7.11 Å². The largest absolute Gasteiger partial charge is 0.469 e. The molecule has 1 fully saturated rings. The lowest BCUT2D eigenvalue weighted by Crippen LogP contribution is -2.48. The third kappa shape index (κ3) is 3.63. The molecule has 1 aliphatic carbocycles. The molecule has 1 N–H and O–H groups in total. The fourth-order valence-electron chi connectivity index (χ4n) is 3.50. The van der Waals surface area contributed by atoms with E-state index in [1.54, 1.807) is 0 Å².